The number of imidazole rings is 1. The van der Waals surface area contributed by atoms with Gasteiger partial charge in [-0.1, -0.05) is 36.4 Å². The second-order valence-corrected chi connectivity index (χ2v) is 5.66. The van der Waals surface area contributed by atoms with Gasteiger partial charge in [-0.25, -0.2) is 4.98 Å². The zero-order valence-electron chi connectivity index (χ0n) is 13.6. The summed E-state index contributed by atoms with van der Waals surface area (Å²) in [7, 11) is 0. The minimum absolute atomic E-state index is 0.0388. The molecule has 0 spiro atoms. The quantitative estimate of drug-likeness (QED) is 0.388. The molecule has 3 heterocycles. The van der Waals surface area contributed by atoms with Crippen molar-refractivity contribution in [3.8, 4) is 0 Å². The van der Waals surface area contributed by atoms with Crippen LogP contribution in [0.15, 0.2) is 47.5 Å². The highest BCUT2D eigenvalue weighted by molar-refractivity contribution is 5.70. The molecule has 0 bridgehead atoms. The Bertz CT molecular complexity index is 886. The number of hydrogen-bond donors (Lipinski definition) is 5. The van der Waals surface area contributed by atoms with Gasteiger partial charge in [0.1, 0.15) is 18.3 Å². The van der Waals surface area contributed by atoms with Gasteiger partial charge in [-0.2, -0.15) is 4.98 Å². The smallest absolute Gasteiger partial charge is 0.280 e. The SMILES string of the molecule is Nc1nc2c(ncn2C2OC(CO)C(O)C2O)c(=O)[nH]1.c1ccccc1. The number of benzene rings is 1. The van der Waals surface area contributed by atoms with Crippen molar-refractivity contribution in [1.82, 2.24) is 19.5 Å². The van der Waals surface area contributed by atoms with Crippen LogP contribution in [0.25, 0.3) is 11.2 Å². The van der Waals surface area contributed by atoms with E-state index in [0.717, 1.165) is 0 Å². The van der Waals surface area contributed by atoms with Gasteiger partial charge in [-0.05, 0) is 0 Å². The van der Waals surface area contributed by atoms with Crippen LogP contribution in [0.3, 0.4) is 0 Å². The van der Waals surface area contributed by atoms with Crippen LogP contribution < -0.4 is 11.3 Å². The molecule has 0 radical (unpaired) electrons. The fraction of sp³-hybridized carbons (Fsp3) is 0.312. The van der Waals surface area contributed by atoms with Gasteiger partial charge in [-0.15, -0.1) is 0 Å². The zero-order chi connectivity index (χ0) is 18.7. The van der Waals surface area contributed by atoms with Gasteiger partial charge in [0, 0.05) is 0 Å². The normalized spacial score (nSPS) is 25.0. The Morgan fingerprint density at radius 1 is 1.15 bits per heavy atom. The molecule has 10 heteroatoms. The Morgan fingerprint density at radius 3 is 2.31 bits per heavy atom. The molecule has 26 heavy (non-hydrogen) atoms. The number of anilines is 1. The highest BCUT2D eigenvalue weighted by atomic mass is 16.6. The van der Waals surface area contributed by atoms with Crippen molar-refractivity contribution >= 4 is 17.1 Å². The molecule has 1 aromatic carbocycles. The van der Waals surface area contributed by atoms with Crippen LogP contribution in [0.5, 0.6) is 0 Å². The van der Waals surface area contributed by atoms with Gasteiger partial charge < -0.3 is 25.8 Å². The molecule has 4 rings (SSSR count). The number of aromatic nitrogens is 4. The lowest BCUT2D eigenvalue weighted by molar-refractivity contribution is -0.0511. The molecule has 6 N–H and O–H groups in total. The van der Waals surface area contributed by atoms with Crippen molar-refractivity contribution in [2.75, 3.05) is 12.3 Å². The fourth-order valence-corrected chi connectivity index (χ4v) is 2.62. The van der Waals surface area contributed by atoms with E-state index in [0.29, 0.717) is 0 Å². The monoisotopic (exact) mass is 361 g/mol. The maximum atomic E-state index is 11.7. The third kappa shape index (κ3) is 3.44. The van der Waals surface area contributed by atoms with Gasteiger partial charge in [0.15, 0.2) is 17.4 Å². The summed E-state index contributed by atoms with van der Waals surface area (Å²) in [6, 6.07) is 12.0. The first-order valence-corrected chi connectivity index (χ1v) is 7.87. The minimum Gasteiger partial charge on any atom is -0.394 e. The molecule has 0 saturated carbocycles. The molecule has 10 nitrogen and oxygen atoms in total. The second kappa shape index (κ2) is 7.62. The van der Waals surface area contributed by atoms with Crippen LogP contribution >= 0.6 is 0 Å². The number of hydrogen-bond acceptors (Lipinski definition) is 8. The van der Waals surface area contributed by atoms with E-state index < -0.39 is 36.7 Å². The van der Waals surface area contributed by atoms with Crippen LogP contribution in [-0.4, -0.2) is 59.8 Å². The van der Waals surface area contributed by atoms with Crippen molar-refractivity contribution in [1.29, 1.82) is 0 Å². The van der Waals surface area contributed by atoms with Crippen molar-refractivity contribution in [3.05, 3.63) is 53.1 Å². The van der Waals surface area contributed by atoms with E-state index in [1.165, 1.54) is 10.9 Å². The minimum atomic E-state index is -1.29. The third-order valence-corrected chi connectivity index (χ3v) is 3.91. The Labute approximate surface area is 147 Å². The molecular weight excluding hydrogens is 342 g/mol. The molecule has 3 aromatic rings. The van der Waals surface area contributed by atoms with Crippen LogP contribution in [-0.2, 0) is 4.74 Å². The van der Waals surface area contributed by atoms with Gasteiger partial charge in [0.25, 0.3) is 5.56 Å². The van der Waals surface area contributed by atoms with Gasteiger partial charge in [-0.3, -0.25) is 14.3 Å². The molecular formula is C16H19N5O5. The molecule has 4 atom stereocenters. The summed E-state index contributed by atoms with van der Waals surface area (Å²) in [5.41, 5.74) is 5.12. The number of ether oxygens (including phenoxy) is 1. The highest BCUT2D eigenvalue weighted by Gasteiger charge is 2.44. The number of aliphatic hydroxyl groups excluding tert-OH is 3. The number of nitrogens with two attached hydrogens (primary N) is 1. The molecule has 2 aromatic heterocycles. The topological polar surface area (TPSA) is 160 Å². The van der Waals surface area contributed by atoms with Crippen LogP contribution in [0.1, 0.15) is 6.23 Å². The largest absolute Gasteiger partial charge is 0.394 e. The number of rotatable bonds is 2. The number of fused-ring (bicyclic) bond motifs is 1. The average molecular weight is 361 g/mol. The number of nitrogens with one attached hydrogen (secondary N) is 1. The first kappa shape index (κ1) is 18.0. The zero-order valence-corrected chi connectivity index (χ0v) is 13.6. The number of nitrogen functional groups attached to an aromatic ring is 1. The van der Waals surface area contributed by atoms with Crippen molar-refractivity contribution in [3.63, 3.8) is 0 Å². The summed E-state index contributed by atoms with van der Waals surface area (Å²) in [5, 5.41) is 28.7. The summed E-state index contributed by atoms with van der Waals surface area (Å²) in [4.78, 5) is 21.8. The van der Waals surface area contributed by atoms with E-state index in [4.69, 9.17) is 15.6 Å². The summed E-state index contributed by atoms with van der Waals surface area (Å²) >= 11 is 0. The first-order valence-electron chi connectivity index (χ1n) is 7.87. The van der Waals surface area contributed by atoms with Crippen molar-refractivity contribution in [2.45, 2.75) is 24.5 Å². The standard InChI is InChI=1S/C10H13N5O5.C6H6/c11-10-13-7-4(8(19)14-10)12-2-15(7)9-6(18)5(17)3(1-16)20-9;1-2-4-6-5-3-1/h2-3,5-6,9,16-18H,1H2,(H3,11,13,14,19);1-6H. The lowest BCUT2D eigenvalue weighted by Gasteiger charge is -2.16. The summed E-state index contributed by atoms with van der Waals surface area (Å²) in [5.74, 6) is -0.101. The Hall–Kier alpha value is -2.79. The van der Waals surface area contributed by atoms with Gasteiger partial charge >= 0.3 is 0 Å². The fourth-order valence-electron chi connectivity index (χ4n) is 2.62. The van der Waals surface area contributed by atoms with Crippen molar-refractivity contribution in [2.24, 2.45) is 0 Å². The second-order valence-electron chi connectivity index (χ2n) is 5.66. The lowest BCUT2D eigenvalue weighted by Crippen LogP contribution is -2.33. The highest BCUT2D eigenvalue weighted by Crippen LogP contribution is 2.30. The van der Waals surface area contributed by atoms with Crippen LogP contribution in [0.4, 0.5) is 5.95 Å². The van der Waals surface area contributed by atoms with Gasteiger partial charge in [0.2, 0.25) is 5.95 Å². The van der Waals surface area contributed by atoms with E-state index in [1.54, 1.807) is 0 Å². The third-order valence-electron chi connectivity index (χ3n) is 3.91. The summed E-state index contributed by atoms with van der Waals surface area (Å²) in [6.45, 7) is -0.447. The molecule has 1 fully saturated rings. The molecule has 1 saturated heterocycles. The van der Waals surface area contributed by atoms with Crippen molar-refractivity contribution < 1.29 is 20.1 Å². The molecule has 0 aliphatic carbocycles. The van der Waals surface area contributed by atoms with E-state index in [-0.39, 0.29) is 17.1 Å². The Kier molecular flexibility index (Phi) is 5.28. The Balaban J connectivity index is 0.000000278. The summed E-state index contributed by atoms with van der Waals surface area (Å²) < 4.78 is 6.64. The predicted molar refractivity (Wildman–Crippen MR) is 92.0 cm³/mol. The maximum Gasteiger partial charge on any atom is 0.280 e. The number of aromatic amines is 1. The predicted octanol–water partition coefficient (Wildman–Crippen LogP) is -1.00. The number of nitrogens with zero attached hydrogens (tertiary/aromatic N) is 3. The summed E-state index contributed by atoms with van der Waals surface area (Å²) in [6.07, 6.45) is -3.21. The van der Waals surface area contributed by atoms with Crippen LogP contribution in [0, 0.1) is 0 Å². The average Bonchev–Trinajstić information content (AvgIpc) is 3.19. The molecule has 1 aliphatic rings. The Morgan fingerprint density at radius 2 is 1.77 bits per heavy atom. The number of H-pyrrole nitrogens is 1. The molecule has 4 unspecified atom stereocenters. The van der Waals surface area contributed by atoms with E-state index in [2.05, 4.69) is 15.0 Å². The van der Waals surface area contributed by atoms with E-state index >= 15 is 0 Å². The van der Waals surface area contributed by atoms with E-state index in [1.807, 2.05) is 36.4 Å². The van der Waals surface area contributed by atoms with Crippen LogP contribution in [0.2, 0.25) is 0 Å². The first-order chi connectivity index (χ1) is 12.5. The van der Waals surface area contributed by atoms with E-state index in [9.17, 15) is 15.0 Å². The maximum absolute atomic E-state index is 11.7. The molecule has 1 aliphatic heterocycles. The molecule has 138 valence electrons. The molecule has 0 amide bonds. The number of aliphatic hydroxyl groups is 3. The lowest BCUT2D eigenvalue weighted by atomic mass is 10.1. The van der Waals surface area contributed by atoms with Gasteiger partial charge in [0.05, 0.1) is 12.9 Å².